The lowest BCUT2D eigenvalue weighted by atomic mass is 9.80. The molecule has 0 aromatic rings. The number of hydrogen-bond acceptors (Lipinski definition) is 2. The van der Waals surface area contributed by atoms with Gasteiger partial charge in [0.05, 0.1) is 0 Å². The van der Waals surface area contributed by atoms with Gasteiger partial charge in [-0.2, -0.15) is 0 Å². The first kappa shape index (κ1) is 13.9. The van der Waals surface area contributed by atoms with Crippen molar-refractivity contribution in [3.8, 4) is 0 Å². The molecule has 0 aromatic heterocycles. The average Bonchev–Trinajstić information content (AvgIpc) is 2.82. The van der Waals surface area contributed by atoms with Crippen molar-refractivity contribution in [3.05, 3.63) is 0 Å². The molecule has 0 spiro atoms. The second-order valence-corrected chi connectivity index (χ2v) is 7.03. The van der Waals surface area contributed by atoms with Crippen LogP contribution in [0.25, 0.3) is 0 Å². The number of carbonyl (C=O) groups is 1. The summed E-state index contributed by atoms with van der Waals surface area (Å²) in [5.74, 6) is 4.25. The van der Waals surface area contributed by atoms with Crippen molar-refractivity contribution >= 4 is 5.97 Å². The summed E-state index contributed by atoms with van der Waals surface area (Å²) in [5.41, 5.74) is 0. The standard InChI is InChI=1S/C12H18O2.C4H10/c1-7(13)14-12-6-8-5-11(12)10-4-2-3-9(8)10;1-4(2)3/h8-12H,2-6H2,1H3;4H,1-3H3. The van der Waals surface area contributed by atoms with Crippen molar-refractivity contribution in [3.63, 3.8) is 0 Å². The number of carbonyl (C=O) groups excluding carboxylic acids is 1. The molecule has 0 saturated heterocycles. The van der Waals surface area contributed by atoms with Crippen LogP contribution in [0.4, 0.5) is 0 Å². The van der Waals surface area contributed by atoms with Crippen LogP contribution < -0.4 is 0 Å². The highest BCUT2D eigenvalue weighted by Gasteiger charge is 2.54. The maximum Gasteiger partial charge on any atom is 0.302 e. The minimum Gasteiger partial charge on any atom is -0.462 e. The van der Waals surface area contributed by atoms with Crippen LogP contribution in [0, 0.1) is 29.6 Å². The molecule has 5 unspecified atom stereocenters. The molecule has 0 amide bonds. The lowest BCUT2D eigenvalue weighted by Crippen LogP contribution is -2.31. The molecule has 18 heavy (non-hydrogen) atoms. The molecule has 0 heterocycles. The highest BCUT2D eigenvalue weighted by Crippen LogP contribution is 2.59. The maximum atomic E-state index is 10.9. The van der Waals surface area contributed by atoms with Gasteiger partial charge in [-0.3, -0.25) is 4.79 Å². The van der Waals surface area contributed by atoms with Crippen LogP contribution in [-0.4, -0.2) is 12.1 Å². The van der Waals surface area contributed by atoms with Gasteiger partial charge in [-0.25, -0.2) is 0 Å². The van der Waals surface area contributed by atoms with Gasteiger partial charge in [0.25, 0.3) is 0 Å². The van der Waals surface area contributed by atoms with Gasteiger partial charge in [-0.15, -0.1) is 0 Å². The quantitative estimate of drug-likeness (QED) is 0.658. The molecule has 3 aliphatic rings. The van der Waals surface area contributed by atoms with E-state index in [0.29, 0.717) is 0 Å². The Balaban J connectivity index is 0.000000267. The molecule has 2 heteroatoms. The fourth-order valence-electron chi connectivity index (χ4n) is 4.35. The van der Waals surface area contributed by atoms with Crippen LogP contribution in [-0.2, 0) is 9.53 Å². The molecule has 0 N–H and O–H groups in total. The predicted octanol–water partition coefficient (Wildman–Crippen LogP) is 4.04. The largest absolute Gasteiger partial charge is 0.462 e. The Labute approximate surface area is 111 Å². The minimum absolute atomic E-state index is 0.0860. The molecular formula is C16H28O2. The number of fused-ring (bicyclic) bond motifs is 5. The van der Waals surface area contributed by atoms with Gasteiger partial charge in [0.2, 0.25) is 0 Å². The van der Waals surface area contributed by atoms with E-state index in [-0.39, 0.29) is 12.1 Å². The Morgan fingerprint density at radius 2 is 1.67 bits per heavy atom. The van der Waals surface area contributed by atoms with E-state index in [0.717, 1.165) is 36.0 Å². The van der Waals surface area contributed by atoms with Crippen molar-refractivity contribution in [2.75, 3.05) is 0 Å². The molecule has 3 aliphatic carbocycles. The molecule has 5 atom stereocenters. The number of hydrogen-bond donors (Lipinski definition) is 0. The minimum atomic E-state index is -0.0860. The first-order valence-electron chi connectivity index (χ1n) is 7.66. The predicted molar refractivity (Wildman–Crippen MR) is 73.1 cm³/mol. The van der Waals surface area contributed by atoms with Gasteiger partial charge in [0.15, 0.2) is 0 Å². The van der Waals surface area contributed by atoms with Crippen LogP contribution in [0.2, 0.25) is 0 Å². The molecule has 2 bridgehead atoms. The summed E-state index contributed by atoms with van der Waals surface area (Å²) in [4.78, 5) is 10.9. The van der Waals surface area contributed by atoms with Crippen LogP contribution in [0.15, 0.2) is 0 Å². The van der Waals surface area contributed by atoms with E-state index < -0.39 is 0 Å². The summed E-state index contributed by atoms with van der Waals surface area (Å²) in [6.45, 7) is 8.04. The molecule has 2 nitrogen and oxygen atoms in total. The topological polar surface area (TPSA) is 26.3 Å². The van der Waals surface area contributed by atoms with Gasteiger partial charge >= 0.3 is 5.97 Å². The third kappa shape index (κ3) is 2.89. The molecule has 104 valence electrons. The van der Waals surface area contributed by atoms with Gasteiger partial charge in [-0.1, -0.05) is 27.2 Å². The first-order valence-corrected chi connectivity index (χ1v) is 7.66. The molecule has 3 saturated carbocycles. The Morgan fingerprint density at radius 1 is 1.06 bits per heavy atom. The lowest BCUT2D eigenvalue weighted by Gasteiger charge is -2.30. The number of ether oxygens (including phenoxy) is 1. The zero-order valence-corrected chi connectivity index (χ0v) is 12.3. The van der Waals surface area contributed by atoms with Crippen LogP contribution in [0.1, 0.15) is 59.8 Å². The highest BCUT2D eigenvalue weighted by atomic mass is 16.5. The maximum absolute atomic E-state index is 10.9. The van der Waals surface area contributed by atoms with E-state index in [1.54, 1.807) is 0 Å². The van der Waals surface area contributed by atoms with Gasteiger partial charge < -0.3 is 4.74 Å². The lowest BCUT2D eigenvalue weighted by molar-refractivity contribution is -0.150. The van der Waals surface area contributed by atoms with Crippen LogP contribution >= 0.6 is 0 Å². The average molecular weight is 252 g/mol. The second-order valence-electron chi connectivity index (χ2n) is 7.03. The highest BCUT2D eigenvalue weighted by molar-refractivity contribution is 5.66. The van der Waals surface area contributed by atoms with Crippen LogP contribution in [0.5, 0.6) is 0 Å². The normalized spacial score (nSPS) is 40.4. The van der Waals surface area contributed by atoms with E-state index in [1.165, 1.54) is 32.6 Å². The van der Waals surface area contributed by atoms with E-state index in [9.17, 15) is 4.79 Å². The molecule has 3 fully saturated rings. The van der Waals surface area contributed by atoms with Crippen LogP contribution in [0.3, 0.4) is 0 Å². The van der Waals surface area contributed by atoms with Gasteiger partial charge in [-0.05, 0) is 55.3 Å². The molecule has 0 aliphatic heterocycles. The Hall–Kier alpha value is -0.530. The number of rotatable bonds is 1. The van der Waals surface area contributed by atoms with Gasteiger partial charge in [0, 0.05) is 6.92 Å². The summed E-state index contributed by atoms with van der Waals surface area (Å²) in [6, 6.07) is 0. The van der Waals surface area contributed by atoms with Crippen molar-refractivity contribution in [1.82, 2.24) is 0 Å². The SMILES string of the molecule is CC(=O)OC1CC2CC1C1CCCC21.CC(C)C. The van der Waals surface area contributed by atoms with E-state index >= 15 is 0 Å². The summed E-state index contributed by atoms with van der Waals surface area (Å²) >= 11 is 0. The fourth-order valence-corrected chi connectivity index (χ4v) is 4.35. The Morgan fingerprint density at radius 3 is 2.28 bits per heavy atom. The molecular weight excluding hydrogens is 224 g/mol. The third-order valence-electron chi connectivity index (χ3n) is 4.69. The Kier molecular flexibility index (Phi) is 4.34. The third-order valence-corrected chi connectivity index (χ3v) is 4.69. The second kappa shape index (κ2) is 5.63. The van der Waals surface area contributed by atoms with Crippen molar-refractivity contribution in [1.29, 1.82) is 0 Å². The summed E-state index contributed by atoms with van der Waals surface area (Å²) in [7, 11) is 0. The van der Waals surface area contributed by atoms with E-state index in [4.69, 9.17) is 4.74 Å². The van der Waals surface area contributed by atoms with E-state index in [1.807, 2.05) is 0 Å². The zero-order chi connectivity index (χ0) is 13.3. The molecule has 0 radical (unpaired) electrons. The zero-order valence-electron chi connectivity index (χ0n) is 12.3. The first-order chi connectivity index (χ1) is 8.49. The fraction of sp³-hybridized carbons (Fsp3) is 0.938. The summed E-state index contributed by atoms with van der Waals surface area (Å²) in [5, 5.41) is 0. The monoisotopic (exact) mass is 252 g/mol. The van der Waals surface area contributed by atoms with Gasteiger partial charge in [0.1, 0.15) is 6.10 Å². The van der Waals surface area contributed by atoms with Crippen molar-refractivity contribution in [2.24, 2.45) is 29.6 Å². The Bertz CT molecular complexity index is 295. The van der Waals surface area contributed by atoms with E-state index in [2.05, 4.69) is 20.8 Å². The van der Waals surface area contributed by atoms with Crippen molar-refractivity contribution in [2.45, 2.75) is 65.9 Å². The molecule has 3 rings (SSSR count). The molecule has 0 aromatic carbocycles. The summed E-state index contributed by atoms with van der Waals surface area (Å²) in [6.07, 6.45) is 7.02. The smallest absolute Gasteiger partial charge is 0.302 e. The van der Waals surface area contributed by atoms with Crippen molar-refractivity contribution < 1.29 is 9.53 Å². The summed E-state index contributed by atoms with van der Waals surface area (Å²) < 4.78 is 5.41. The number of esters is 1.